The van der Waals surface area contributed by atoms with Crippen LogP contribution < -0.4 is 5.73 Å². The number of fused-ring (bicyclic) bond motifs is 2. The van der Waals surface area contributed by atoms with Crippen molar-refractivity contribution in [3.05, 3.63) is 187 Å². The molecule has 8 aromatic carbocycles. The Hall–Kier alpha value is -5.80. The van der Waals surface area contributed by atoms with Crippen LogP contribution in [0, 0.1) is 13.8 Å². The molecule has 0 aliphatic carbocycles. The summed E-state index contributed by atoms with van der Waals surface area (Å²) in [7, 11) is 0. The van der Waals surface area contributed by atoms with E-state index in [0.717, 1.165) is 73.8 Å². The van der Waals surface area contributed by atoms with E-state index >= 15 is 0 Å². The van der Waals surface area contributed by atoms with Gasteiger partial charge in [0.15, 0.2) is 0 Å². The van der Waals surface area contributed by atoms with Crippen LogP contribution in [0.2, 0.25) is 0 Å². The Kier molecular flexibility index (Phi) is 14.7. The largest absolute Gasteiger partial charge is 0.507 e. The van der Waals surface area contributed by atoms with Crippen molar-refractivity contribution in [3.63, 3.8) is 0 Å². The Labute approximate surface area is 360 Å². The summed E-state index contributed by atoms with van der Waals surface area (Å²) in [6, 6.07) is 56.4. The normalized spacial score (nSPS) is 12.0. The number of phenolic OH excluding ortho intramolecular Hbond substituents is 2. The monoisotopic (exact) mass is 861 g/mol. The van der Waals surface area contributed by atoms with Crippen LogP contribution in [0.5, 0.6) is 11.5 Å². The second-order valence-electron chi connectivity index (χ2n) is 15.3. The first kappa shape index (κ1) is 42.8. The zero-order valence-electron chi connectivity index (χ0n) is 34.4. The molecule has 5 heteroatoms. The number of aryl methyl sites for hydroxylation is 2. The molecule has 1 aliphatic rings. The molecule has 1 aliphatic heterocycles. The number of nitrogen functional groups attached to an aromatic ring is 1. The van der Waals surface area contributed by atoms with Crippen LogP contribution >= 0.6 is 0 Å². The number of anilines is 1. The first-order valence-corrected chi connectivity index (χ1v) is 21.3. The summed E-state index contributed by atoms with van der Waals surface area (Å²) < 4.78 is 7.18. The predicted molar refractivity (Wildman–Crippen MR) is 247 cm³/mol. The summed E-state index contributed by atoms with van der Waals surface area (Å²) in [4.78, 5) is 0. The molecule has 4 N–H and O–H groups in total. The third-order valence-electron chi connectivity index (χ3n) is 10.6. The number of ether oxygens (including phenoxy) is 1. The van der Waals surface area contributed by atoms with Gasteiger partial charge in [0.2, 0.25) is 0 Å². The molecule has 0 spiro atoms. The SMILES string of the molecule is C1CCOC1.CC(C)([CH]=[Mo+4])c1ccccc1.Cc1cccc(C)c1N.Oc1c(-c2ccccc2)cc2ccccc2c1-c1c(O)c(-c2ccccc2)cc2ccccc12. The van der Waals surface area contributed by atoms with Crippen LogP contribution in [0.15, 0.2) is 170 Å². The van der Waals surface area contributed by atoms with Crippen LogP contribution in [0.3, 0.4) is 0 Å². The molecule has 1 fully saturated rings. The second-order valence-corrected chi connectivity index (χ2v) is 15.9. The molecule has 59 heavy (non-hydrogen) atoms. The topological polar surface area (TPSA) is 75.7 Å². The maximum atomic E-state index is 11.7. The van der Waals surface area contributed by atoms with E-state index < -0.39 is 0 Å². The first-order chi connectivity index (χ1) is 28.6. The van der Waals surface area contributed by atoms with Crippen molar-refractivity contribution in [1.29, 1.82) is 0 Å². The Balaban J connectivity index is 0.000000189. The minimum absolute atomic E-state index is 0.163. The zero-order valence-corrected chi connectivity index (χ0v) is 36.4. The van der Waals surface area contributed by atoms with Gasteiger partial charge in [-0.2, -0.15) is 0 Å². The number of phenols is 2. The van der Waals surface area contributed by atoms with Gasteiger partial charge in [-0.1, -0.05) is 127 Å². The van der Waals surface area contributed by atoms with E-state index in [1.54, 1.807) is 0 Å². The van der Waals surface area contributed by atoms with E-state index in [-0.39, 0.29) is 16.9 Å². The quantitative estimate of drug-likeness (QED) is 0.119. The number of benzene rings is 8. The van der Waals surface area contributed by atoms with Gasteiger partial charge < -0.3 is 20.7 Å². The Morgan fingerprint density at radius 3 is 1.31 bits per heavy atom. The Morgan fingerprint density at radius 2 is 0.932 bits per heavy atom. The molecular weight excluding hydrogens is 807 g/mol. The maximum absolute atomic E-state index is 11.7. The van der Waals surface area contributed by atoms with Gasteiger partial charge in [-0.3, -0.25) is 0 Å². The molecule has 8 aromatic rings. The Bertz CT molecular complexity index is 2460. The van der Waals surface area contributed by atoms with E-state index in [2.05, 4.69) is 48.6 Å². The predicted octanol–water partition coefficient (Wildman–Crippen LogP) is 13.4. The fraction of sp³-hybridized carbons (Fsp3) is 0.167. The smallest absolute Gasteiger partial charge is 0.132 e. The van der Waals surface area contributed by atoms with Crippen molar-refractivity contribution in [2.24, 2.45) is 0 Å². The molecule has 4 nitrogen and oxygen atoms in total. The van der Waals surface area contributed by atoms with Crippen LogP contribution in [0.1, 0.15) is 43.4 Å². The number of para-hydroxylation sites is 1. The molecule has 0 aromatic heterocycles. The van der Waals surface area contributed by atoms with Gasteiger partial charge in [0.25, 0.3) is 0 Å². The van der Waals surface area contributed by atoms with Crippen molar-refractivity contribution in [2.45, 2.75) is 46.0 Å². The van der Waals surface area contributed by atoms with E-state index in [1.165, 1.54) is 18.4 Å². The number of nitrogens with two attached hydrogens (primary N) is 1. The molecule has 1 saturated heterocycles. The van der Waals surface area contributed by atoms with E-state index in [0.29, 0.717) is 11.1 Å². The third-order valence-corrected chi connectivity index (χ3v) is 12.1. The molecule has 0 atom stereocenters. The zero-order chi connectivity index (χ0) is 41.8. The van der Waals surface area contributed by atoms with E-state index in [4.69, 9.17) is 10.5 Å². The molecular formula is C54H53MoNO3+4. The van der Waals surface area contributed by atoms with Crippen LogP contribution in [-0.2, 0) is 29.5 Å². The number of rotatable bonds is 5. The number of aromatic hydroxyl groups is 2. The maximum Gasteiger partial charge on any atom is 0.132 e. The number of hydrogen-bond acceptors (Lipinski definition) is 4. The standard InChI is InChI=1S/C32H22O2.C10H12.C8H11N.C4H8O.Mo/c33-31-27(21-11-3-1-4-12-21)19-23-15-7-9-17-25(23)29(31)30-26-18-10-8-16-24(26)20-28(32(30)34)22-13-5-2-6-14-22;1-10(2,3)9-7-5-4-6-8-9;1-6-4-3-5-7(2)8(6)9;1-2-4-5-3-1;/h1-20,33-34H;1,4-8H,2-3H3;3-5H,9H2,1-2H3;1-4H2;/q;;;;+4. The fourth-order valence-corrected chi connectivity index (χ4v) is 7.46. The van der Waals surface area contributed by atoms with Gasteiger partial charge in [0.1, 0.15) is 11.5 Å². The van der Waals surface area contributed by atoms with Crippen molar-refractivity contribution in [3.8, 4) is 44.9 Å². The molecule has 0 saturated carbocycles. The minimum atomic E-state index is 0.163. The van der Waals surface area contributed by atoms with Crippen LogP contribution in [0.25, 0.3) is 54.9 Å². The minimum Gasteiger partial charge on any atom is -0.507 e. The van der Waals surface area contributed by atoms with Crippen molar-refractivity contribution in [2.75, 3.05) is 18.9 Å². The van der Waals surface area contributed by atoms with E-state index in [9.17, 15) is 10.2 Å². The Morgan fingerprint density at radius 1 is 0.542 bits per heavy atom. The number of hydrogen-bond donors (Lipinski definition) is 3. The molecule has 294 valence electrons. The van der Waals surface area contributed by atoms with Gasteiger partial charge >= 0.3 is 78.9 Å². The fourth-order valence-electron chi connectivity index (χ4n) is 7.13. The first-order valence-electron chi connectivity index (χ1n) is 20.1. The van der Waals surface area contributed by atoms with E-state index in [1.807, 2.05) is 173 Å². The average molecular weight is 860 g/mol. The van der Waals surface area contributed by atoms with Gasteiger partial charge in [-0.25, -0.2) is 0 Å². The molecule has 0 radical (unpaired) electrons. The van der Waals surface area contributed by atoms with Crippen molar-refractivity contribution in [1.82, 2.24) is 0 Å². The summed E-state index contributed by atoms with van der Waals surface area (Å²) >= 11 is 2.04. The summed E-state index contributed by atoms with van der Waals surface area (Å²) in [6.45, 7) is 10.5. The molecule has 1 heterocycles. The summed E-state index contributed by atoms with van der Waals surface area (Å²) in [6.07, 6.45) is 2.56. The average Bonchev–Trinajstić information content (AvgIpc) is 3.88. The summed E-state index contributed by atoms with van der Waals surface area (Å²) in [5.74, 6) is 0.325. The second kappa shape index (κ2) is 20.3. The molecule has 9 rings (SSSR count). The molecule has 0 unspecified atom stereocenters. The van der Waals surface area contributed by atoms with Crippen LogP contribution in [0.4, 0.5) is 5.69 Å². The van der Waals surface area contributed by atoms with Crippen molar-refractivity contribution >= 4 is 31.6 Å². The van der Waals surface area contributed by atoms with Gasteiger partial charge in [-0.15, -0.1) is 0 Å². The van der Waals surface area contributed by atoms with Crippen molar-refractivity contribution < 1.29 is 34.3 Å². The summed E-state index contributed by atoms with van der Waals surface area (Å²) in [5, 5.41) is 27.2. The van der Waals surface area contributed by atoms with Crippen LogP contribution in [-0.4, -0.2) is 27.8 Å². The molecule has 0 bridgehead atoms. The van der Waals surface area contributed by atoms with Gasteiger partial charge in [0.05, 0.1) is 0 Å². The van der Waals surface area contributed by atoms with Gasteiger partial charge in [-0.05, 0) is 82.6 Å². The third kappa shape index (κ3) is 10.4. The van der Waals surface area contributed by atoms with Gasteiger partial charge in [0, 0.05) is 41.2 Å². The molecule has 0 amide bonds. The summed E-state index contributed by atoms with van der Waals surface area (Å²) in [5.41, 5.74) is 15.1.